The maximum atomic E-state index is 2.44. The van der Waals surface area contributed by atoms with E-state index in [4.69, 9.17) is 0 Å². The lowest BCUT2D eigenvalue weighted by atomic mass is 9.84. The summed E-state index contributed by atoms with van der Waals surface area (Å²) in [6, 6.07) is 0. The fourth-order valence-electron chi connectivity index (χ4n) is 3.47. The highest BCUT2D eigenvalue weighted by atomic mass is 14.2. The molecular formula is C16H32. The van der Waals surface area contributed by atoms with Crippen LogP contribution >= 0.6 is 0 Å². The van der Waals surface area contributed by atoms with Crippen molar-refractivity contribution in [2.24, 2.45) is 17.8 Å². The SMILES string of the molecule is CCCC(CCC)CC1CCCC(C)CC1. The molecule has 0 heteroatoms. The quantitative estimate of drug-likeness (QED) is 0.499. The van der Waals surface area contributed by atoms with Crippen molar-refractivity contribution in [3.05, 3.63) is 0 Å². The number of hydrogen-bond donors (Lipinski definition) is 0. The third-order valence-corrected chi connectivity index (χ3v) is 4.44. The lowest BCUT2D eigenvalue weighted by Gasteiger charge is -2.22. The predicted octanol–water partition coefficient (Wildman–Crippen LogP) is 5.81. The van der Waals surface area contributed by atoms with Gasteiger partial charge in [0.2, 0.25) is 0 Å². The highest BCUT2D eigenvalue weighted by Crippen LogP contribution is 2.33. The smallest absolute Gasteiger partial charge is 0.0412 e. The van der Waals surface area contributed by atoms with Gasteiger partial charge in [-0.1, -0.05) is 78.6 Å². The van der Waals surface area contributed by atoms with Gasteiger partial charge in [0.25, 0.3) is 0 Å². The Bertz CT molecular complexity index is 155. The maximum absolute atomic E-state index is 2.44. The zero-order valence-corrected chi connectivity index (χ0v) is 11.8. The minimum Gasteiger partial charge on any atom is -0.0654 e. The normalized spacial score (nSPS) is 27.0. The van der Waals surface area contributed by atoms with Crippen LogP contribution < -0.4 is 0 Å². The zero-order valence-electron chi connectivity index (χ0n) is 11.8. The minimum atomic E-state index is 1.00. The number of hydrogen-bond acceptors (Lipinski definition) is 0. The van der Waals surface area contributed by atoms with E-state index in [-0.39, 0.29) is 0 Å². The molecule has 0 aromatic rings. The van der Waals surface area contributed by atoms with Crippen LogP contribution in [0.4, 0.5) is 0 Å². The van der Waals surface area contributed by atoms with Gasteiger partial charge in [-0.05, 0) is 24.2 Å². The van der Waals surface area contributed by atoms with E-state index < -0.39 is 0 Å². The average molecular weight is 224 g/mol. The number of rotatable bonds is 6. The van der Waals surface area contributed by atoms with E-state index in [2.05, 4.69) is 20.8 Å². The first kappa shape index (κ1) is 14.1. The summed E-state index contributed by atoms with van der Waals surface area (Å²) >= 11 is 0. The fraction of sp³-hybridized carbons (Fsp3) is 1.00. The van der Waals surface area contributed by atoms with E-state index in [1.165, 1.54) is 64.2 Å². The standard InChI is InChI=1S/C16H32/c1-4-7-15(8-5-2)13-16-10-6-9-14(3)11-12-16/h14-16H,4-13H2,1-3H3. The maximum Gasteiger partial charge on any atom is -0.0412 e. The molecule has 0 heterocycles. The van der Waals surface area contributed by atoms with E-state index in [9.17, 15) is 0 Å². The first-order valence-electron chi connectivity index (χ1n) is 7.76. The summed E-state index contributed by atoms with van der Waals surface area (Å²) in [4.78, 5) is 0. The molecule has 0 aromatic carbocycles. The van der Waals surface area contributed by atoms with E-state index in [1.807, 2.05) is 0 Å². The van der Waals surface area contributed by atoms with E-state index in [1.54, 1.807) is 0 Å². The Labute approximate surface area is 103 Å². The van der Waals surface area contributed by atoms with Crippen molar-refractivity contribution in [1.82, 2.24) is 0 Å². The van der Waals surface area contributed by atoms with Gasteiger partial charge >= 0.3 is 0 Å². The first-order valence-corrected chi connectivity index (χ1v) is 7.76. The van der Waals surface area contributed by atoms with Crippen molar-refractivity contribution < 1.29 is 0 Å². The summed E-state index contributed by atoms with van der Waals surface area (Å²) in [6.45, 7) is 7.13. The summed E-state index contributed by atoms with van der Waals surface area (Å²) in [5, 5.41) is 0. The summed E-state index contributed by atoms with van der Waals surface area (Å²) < 4.78 is 0. The molecule has 0 aromatic heterocycles. The summed E-state index contributed by atoms with van der Waals surface area (Å²) in [5.74, 6) is 3.10. The summed E-state index contributed by atoms with van der Waals surface area (Å²) in [6.07, 6.45) is 14.8. The van der Waals surface area contributed by atoms with Crippen LogP contribution in [0.15, 0.2) is 0 Å². The Morgan fingerprint density at radius 3 is 2.25 bits per heavy atom. The fourth-order valence-corrected chi connectivity index (χ4v) is 3.47. The van der Waals surface area contributed by atoms with Gasteiger partial charge in [-0.2, -0.15) is 0 Å². The molecule has 1 rings (SSSR count). The van der Waals surface area contributed by atoms with Crippen molar-refractivity contribution in [3.63, 3.8) is 0 Å². The average Bonchev–Trinajstić information content (AvgIpc) is 2.45. The van der Waals surface area contributed by atoms with Crippen LogP contribution in [0.5, 0.6) is 0 Å². The molecule has 96 valence electrons. The third-order valence-electron chi connectivity index (χ3n) is 4.44. The summed E-state index contributed by atoms with van der Waals surface area (Å²) in [7, 11) is 0. The van der Waals surface area contributed by atoms with Crippen molar-refractivity contribution in [1.29, 1.82) is 0 Å². The van der Waals surface area contributed by atoms with Gasteiger partial charge in [0, 0.05) is 0 Å². The molecule has 0 bridgehead atoms. The van der Waals surface area contributed by atoms with Gasteiger partial charge in [0.1, 0.15) is 0 Å². The van der Waals surface area contributed by atoms with E-state index >= 15 is 0 Å². The molecule has 0 nitrogen and oxygen atoms in total. The Hall–Kier alpha value is 0. The molecule has 0 amide bonds. The Morgan fingerprint density at radius 2 is 1.62 bits per heavy atom. The molecule has 0 aliphatic heterocycles. The molecule has 2 unspecified atom stereocenters. The minimum absolute atomic E-state index is 1.00. The molecule has 0 saturated heterocycles. The second-order valence-corrected chi connectivity index (χ2v) is 6.16. The second kappa shape index (κ2) is 8.14. The predicted molar refractivity (Wildman–Crippen MR) is 73.7 cm³/mol. The van der Waals surface area contributed by atoms with Crippen LogP contribution in [-0.4, -0.2) is 0 Å². The van der Waals surface area contributed by atoms with E-state index in [0.29, 0.717) is 0 Å². The Morgan fingerprint density at radius 1 is 0.938 bits per heavy atom. The van der Waals surface area contributed by atoms with Gasteiger partial charge in [0.05, 0.1) is 0 Å². The first-order chi connectivity index (χ1) is 7.76. The monoisotopic (exact) mass is 224 g/mol. The van der Waals surface area contributed by atoms with E-state index in [0.717, 1.165) is 17.8 Å². The van der Waals surface area contributed by atoms with Crippen molar-refractivity contribution >= 4 is 0 Å². The van der Waals surface area contributed by atoms with Crippen LogP contribution in [-0.2, 0) is 0 Å². The van der Waals surface area contributed by atoms with Gasteiger partial charge in [0.15, 0.2) is 0 Å². The van der Waals surface area contributed by atoms with Crippen LogP contribution in [0, 0.1) is 17.8 Å². The lowest BCUT2D eigenvalue weighted by Crippen LogP contribution is -2.09. The van der Waals surface area contributed by atoms with Gasteiger partial charge in [-0.15, -0.1) is 0 Å². The third kappa shape index (κ3) is 5.37. The van der Waals surface area contributed by atoms with Gasteiger partial charge in [-0.3, -0.25) is 0 Å². The Kier molecular flexibility index (Phi) is 7.16. The molecule has 0 spiro atoms. The lowest BCUT2D eigenvalue weighted by molar-refractivity contribution is 0.305. The molecule has 1 saturated carbocycles. The van der Waals surface area contributed by atoms with Crippen LogP contribution in [0.3, 0.4) is 0 Å². The second-order valence-electron chi connectivity index (χ2n) is 6.16. The highest BCUT2D eigenvalue weighted by molar-refractivity contribution is 4.71. The zero-order chi connectivity index (χ0) is 11.8. The molecule has 0 radical (unpaired) electrons. The highest BCUT2D eigenvalue weighted by Gasteiger charge is 2.19. The largest absolute Gasteiger partial charge is 0.0654 e. The molecule has 1 fully saturated rings. The van der Waals surface area contributed by atoms with Gasteiger partial charge in [-0.25, -0.2) is 0 Å². The molecule has 1 aliphatic carbocycles. The molecule has 16 heavy (non-hydrogen) atoms. The van der Waals surface area contributed by atoms with Crippen LogP contribution in [0.1, 0.15) is 85.0 Å². The summed E-state index contributed by atoms with van der Waals surface area (Å²) in [5.41, 5.74) is 0. The molecule has 1 aliphatic rings. The van der Waals surface area contributed by atoms with Crippen molar-refractivity contribution in [2.45, 2.75) is 85.0 Å². The molecule has 0 N–H and O–H groups in total. The van der Waals surface area contributed by atoms with Crippen LogP contribution in [0.2, 0.25) is 0 Å². The van der Waals surface area contributed by atoms with Crippen molar-refractivity contribution in [3.8, 4) is 0 Å². The molecule has 2 atom stereocenters. The Balaban J connectivity index is 2.31. The van der Waals surface area contributed by atoms with Crippen LogP contribution in [0.25, 0.3) is 0 Å². The van der Waals surface area contributed by atoms with Gasteiger partial charge < -0.3 is 0 Å². The van der Waals surface area contributed by atoms with Crippen molar-refractivity contribution in [2.75, 3.05) is 0 Å². The topological polar surface area (TPSA) is 0 Å². The molecular weight excluding hydrogens is 192 g/mol.